The number of nitrogens with zero attached hydrogens (tertiary/aromatic N) is 1. The van der Waals surface area contributed by atoms with Crippen molar-refractivity contribution in [2.75, 3.05) is 11.9 Å². The first kappa shape index (κ1) is 15.0. The molecule has 3 N–H and O–H groups in total. The minimum absolute atomic E-state index is 0.439. The summed E-state index contributed by atoms with van der Waals surface area (Å²) in [6.07, 6.45) is 1.96. The van der Waals surface area contributed by atoms with Gasteiger partial charge in [0.25, 0.3) is 5.91 Å². The second-order valence-corrected chi connectivity index (χ2v) is 5.18. The van der Waals surface area contributed by atoms with Crippen LogP contribution in [-0.2, 0) is 6.42 Å². The molecule has 110 valence electrons. The number of nitrogens with one attached hydrogen (secondary N) is 1. The normalized spacial score (nSPS) is 10.4. The van der Waals surface area contributed by atoms with E-state index in [2.05, 4.69) is 22.4 Å². The quantitative estimate of drug-likeness (QED) is 0.801. The Morgan fingerprint density at radius 2 is 1.95 bits per heavy atom. The lowest BCUT2D eigenvalue weighted by atomic mass is 10.1. The van der Waals surface area contributed by atoms with Gasteiger partial charge in [-0.25, -0.2) is 4.98 Å². The lowest BCUT2D eigenvalue weighted by molar-refractivity contribution is 0.1000. The van der Waals surface area contributed by atoms with E-state index in [0.29, 0.717) is 11.4 Å². The fourth-order valence-corrected chi connectivity index (χ4v) is 2.42. The summed E-state index contributed by atoms with van der Waals surface area (Å²) in [7, 11) is 0. The maximum Gasteiger partial charge on any atom is 0.252 e. The third-order valence-corrected chi connectivity index (χ3v) is 3.37. The van der Waals surface area contributed by atoms with Crippen molar-refractivity contribution in [2.45, 2.75) is 26.7 Å². The number of pyridine rings is 1. The fourth-order valence-electron chi connectivity index (χ4n) is 2.42. The average Bonchev–Trinajstić information content (AvgIpc) is 2.43. The number of hydrogen-bond donors (Lipinski definition) is 2. The highest BCUT2D eigenvalue weighted by molar-refractivity contribution is 5.99. The highest BCUT2D eigenvalue weighted by Gasteiger charge is 2.13. The molecule has 1 aromatic heterocycles. The summed E-state index contributed by atoms with van der Waals surface area (Å²) < 4.78 is 0. The van der Waals surface area contributed by atoms with Crippen molar-refractivity contribution < 1.29 is 4.79 Å². The Morgan fingerprint density at radius 3 is 2.62 bits per heavy atom. The smallest absolute Gasteiger partial charge is 0.252 e. The van der Waals surface area contributed by atoms with Crippen LogP contribution in [0.15, 0.2) is 36.4 Å². The third kappa shape index (κ3) is 4.05. The van der Waals surface area contributed by atoms with Gasteiger partial charge in [-0.3, -0.25) is 4.79 Å². The summed E-state index contributed by atoms with van der Waals surface area (Å²) >= 11 is 0. The van der Waals surface area contributed by atoms with Crippen LogP contribution in [0.2, 0.25) is 0 Å². The third-order valence-electron chi connectivity index (χ3n) is 3.37. The zero-order chi connectivity index (χ0) is 15.2. The van der Waals surface area contributed by atoms with E-state index in [-0.39, 0.29) is 0 Å². The average molecular weight is 283 g/mol. The molecule has 2 aromatic rings. The van der Waals surface area contributed by atoms with Crippen LogP contribution in [0.25, 0.3) is 0 Å². The maximum atomic E-state index is 11.6. The molecule has 21 heavy (non-hydrogen) atoms. The number of amides is 1. The SMILES string of the molecule is Cc1cc(C)c(C(N)=O)c(NCCCc2ccccc2)n1. The number of aryl methyl sites for hydroxylation is 3. The molecule has 0 bridgehead atoms. The van der Waals surface area contributed by atoms with E-state index >= 15 is 0 Å². The van der Waals surface area contributed by atoms with Gasteiger partial charge in [0.2, 0.25) is 0 Å². The molecule has 4 heteroatoms. The number of carbonyl (C=O) groups excluding carboxylic acids is 1. The van der Waals surface area contributed by atoms with Crippen molar-refractivity contribution in [2.24, 2.45) is 5.73 Å². The molecule has 0 atom stereocenters. The van der Waals surface area contributed by atoms with E-state index in [1.54, 1.807) is 0 Å². The monoisotopic (exact) mass is 283 g/mol. The van der Waals surface area contributed by atoms with Crippen LogP contribution < -0.4 is 11.1 Å². The molecule has 0 aliphatic carbocycles. The highest BCUT2D eigenvalue weighted by Crippen LogP contribution is 2.18. The standard InChI is InChI=1S/C17H21N3O/c1-12-11-13(2)20-17(15(12)16(18)21)19-10-6-9-14-7-4-3-5-8-14/h3-5,7-8,11H,6,9-10H2,1-2H3,(H2,18,21)(H,19,20). The predicted molar refractivity (Wildman–Crippen MR) is 85.5 cm³/mol. The summed E-state index contributed by atoms with van der Waals surface area (Å²) in [6.45, 7) is 4.54. The second-order valence-electron chi connectivity index (χ2n) is 5.18. The highest BCUT2D eigenvalue weighted by atomic mass is 16.1. The summed E-state index contributed by atoms with van der Waals surface area (Å²) in [5, 5.41) is 3.23. The molecule has 2 rings (SSSR count). The Hall–Kier alpha value is -2.36. The van der Waals surface area contributed by atoms with Crippen LogP contribution in [0.4, 0.5) is 5.82 Å². The maximum absolute atomic E-state index is 11.6. The zero-order valence-corrected chi connectivity index (χ0v) is 12.5. The molecule has 0 saturated heterocycles. The second kappa shape index (κ2) is 6.88. The zero-order valence-electron chi connectivity index (χ0n) is 12.5. The van der Waals surface area contributed by atoms with Crippen LogP contribution in [0.3, 0.4) is 0 Å². The summed E-state index contributed by atoms with van der Waals surface area (Å²) in [5.74, 6) is 0.152. The van der Waals surface area contributed by atoms with Crippen LogP contribution >= 0.6 is 0 Å². The number of aromatic nitrogens is 1. The number of nitrogens with two attached hydrogens (primary N) is 1. The Labute approximate surface area is 125 Å². The lowest BCUT2D eigenvalue weighted by Gasteiger charge is -2.12. The number of benzene rings is 1. The van der Waals surface area contributed by atoms with E-state index in [9.17, 15) is 4.79 Å². The number of anilines is 1. The molecule has 0 aliphatic heterocycles. The van der Waals surface area contributed by atoms with Gasteiger partial charge in [-0.2, -0.15) is 0 Å². The van der Waals surface area contributed by atoms with Crippen molar-refractivity contribution in [1.82, 2.24) is 4.98 Å². The Bertz CT molecular complexity index is 623. The topological polar surface area (TPSA) is 68.0 Å². The molecule has 0 fully saturated rings. The van der Waals surface area contributed by atoms with E-state index in [0.717, 1.165) is 30.6 Å². The molecule has 0 spiro atoms. The molecule has 0 radical (unpaired) electrons. The first-order valence-corrected chi connectivity index (χ1v) is 7.14. The lowest BCUT2D eigenvalue weighted by Crippen LogP contribution is -2.18. The Morgan fingerprint density at radius 1 is 1.24 bits per heavy atom. The van der Waals surface area contributed by atoms with Gasteiger partial charge in [-0.15, -0.1) is 0 Å². The van der Waals surface area contributed by atoms with Crippen LogP contribution in [0, 0.1) is 13.8 Å². The van der Waals surface area contributed by atoms with Gasteiger partial charge in [-0.05, 0) is 43.9 Å². The first-order chi connectivity index (χ1) is 10.1. The fraction of sp³-hybridized carbons (Fsp3) is 0.294. The Balaban J connectivity index is 1.98. The Kier molecular flexibility index (Phi) is 4.93. The molecule has 0 saturated carbocycles. The van der Waals surface area contributed by atoms with Crippen LogP contribution in [0.5, 0.6) is 0 Å². The van der Waals surface area contributed by atoms with Crippen molar-refractivity contribution in [3.05, 3.63) is 58.8 Å². The predicted octanol–water partition coefficient (Wildman–Crippen LogP) is 2.84. The summed E-state index contributed by atoms with van der Waals surface area (Å²) in [5.41, 5.74) is 8.98. The van der Waals surface area contributed by atoms with Gasteiger partial charge in [0.15, 0.2) is 0 Å². The van der Waals surface area contributed by atoms with Crippen molar-refractivity contribution >= 4 is 11.7 Å². The largest absolute Gasteiger partial charge is 0.369 e. The van der Waals surface area contributed by atoms with Gasteiger partial charge in [0, 0.05) is 12.2 Å². The van der Waals surface area contributed by atoms with E-state index in [1.807, 2.05) is 38.1 Å². The number of primary amides is 1. The van der Waals surface area contributed by atoms with E-state index < -0.39 is 5.91 Å². The van der Waals surface area contributed by atoms with Crippen LogP contribution in [-0.4, -0.2) is 17.4 Å². The minimum atomic E-state index is -0.439. The van der Waals surface area contributed by atoms with Gasteiger partial charge in [0.05, 0.1) is 5.56 Å². The van der Waals surface area contributed by atoms with Crippen molar-refractivity contribution in [3.8, 4) is 0 Å². The minimum Gasteiger partial charge on any atom is -0.369 e. The molecular formula is C17H21N3O. The summed E-state index contributed by atoms with van der Waals surface area (Å²) in [6, 6.07) is 12.2. The number of rotatable bonds is 6. The molecule has 1 aromatic carbocycles. The van der Waals surface area contributed by atoms with Gasteiger partial charge < -0.3 is 11.1 Å². The molecule has 4 nitrogen and oxygen atoms in total. The molecule has 0 aliphatic rings. The van der Waals surface area contributed by atoms with Gasteiger partial charge in [-0.1, -0.05) is 30.3 Å². The molecule has 0 unspecified atom stereocenters. The summed E-state index contributed by atoms with van der Waals surface area (Å²) in [4.78, 5) is 15.9. The molecule has 1 heterocycles. The van der Waals surface area contributed by atoms with Crippen LogP contribution in [0.1, 0.15) is 33.6 Å². The van der Waals surface area contributed by atoms with Crippen molar-refractivity contribution in [3.63, 3.8) is 0 Å². The number of carbonyl (C=O) groups is 1. The van der Waals surface area contributed by atoms with E-state index in [4.69, 9.17) is 5.73 Å². The van der Waals surface area contributed by atoms with Gasteiger partial charge in [0.1, 0.15) is 5.82 Å². The van der Waals surface area contributed by atoms with Gasteiger partial charge >= 0.3 is 0 Å². The number of hydrogen-bond acceptors (Lipinski definition) is 3. The first-order valence-electron chi connectivity index (χ1n) is 7.14. The van der Waals surface area contributed by atoms with E-state index in [1.165, 1.54) is 5.56 Å². The molecular weight excluding hydrogens is 262 g/mol. The van der Waals surface area contributed by atoms with Crippen molar-refractivity contribution in [1.29, 1.82) is 0 Å². The molecule has 1 amide bonds.